The summed E-state index contributed by atoms with van der Waals surface area (Å²) >= 11 is 1.64. The molecule has 0 radical (unpaired) electrons. The third-order valence-electron chi connectivity index (χ3n) is 5.42. The zero-order chi connectivity index (χ0) is 22.8. The minimum absolute atomic E-state index is 0.166. The van der Waals surface area contributed by atoms with Gasteiger partial charge < -0.3 is 10.3 Å². The number of aryl methyl sites for hydroxylation is 2. The Balaban J connectivity index is 1.83. The molecule has 0 amide bonds. The van der Waals surface area contributed by atoms with E-state index in [0.29, 0.717) is 18.1 Å². The first-order chi connectivity index (χ1) is 15.4. The summed E-state index contributed by atoms with van der Waals surface area (Å²) < 4.78 is 1.95. The maximum atomic E-state index is 11.6. The van der Waals surface area contributed by atoms with Crippen molar-refractivity contribution in [2.24, 2.45) is 4.99 Å². The molecule has 2 aromatic heterocycles. The van der Waals surface area contributed by atoms with Crippen LogP contribution in [0.15, 0.2) is 29.3 Å². The Bertz CT molecular complexity index is 1260. The molecule has 0 fully saturated rings. The van der Waals surface area contributed by atoms with Crippen LogP contribution in [0, 0.1) is 32.6 Å². The second-order valence-corrected chi connectivity index (χ2v) is 8.76. The van der Waals surface area contributed by atoms with Crippen LogP contribution in [0.3, 0.4) is 0 Å². The van der Waals surface area contributed by atoms with Crippen molar-refractivity contribution in [2.45, 2.75) is 39.7 Å². The molecule has 0 saturated heterocycles. The van der Waals surface area contributed by atoms with E-state index in [9.17, 15) is 9.90 Å². The smallest absolute Gasteiger partial charge is 0.306 e. The van der Waals surface area contributed by atoms with Gasteiger partial charge >= 0.3 is 5.97 Å². The van der Waals surface area contributed by atoms with Gasteiger partial charge in [0.2, 0.25) is 0 Å². The lowest BCUT2D eigenvalue weighted by atomic mass is 9.98. The van der Waals surface area contributed by atoms with Crippen molar-refractivity contribution < 1.29 is 15.1 Å². The average molecular weight is 450 g/mol. The zero-order valence-corrected chi connectivity index (χ0v) is 18.8. The molecular weight excluding hydrogens is 426 g/mol. The Kier molecular flexibility index (Phi) is 6.19. The highest BCUT2D eigenvalue weighted by atomic mass is 32.1. The van der Waals surface area contributed by atoms with Crippen LogP contribution in [0.5, 0.6) is 0 Å². The van der Waals surface area contributed by atoms with Crippen molar-refractivity contribution in [1.29, 1.82) is 0 Å². The number of hydrogen-bond donors (Lipinski definition) is 3. The zero-order valence-electron chi connectivity index (χ0n) is 18.0. The van der Waals surface area contributed by atoms with Crippen molar-refractivity contribution in [1.82, 2.24) is 20.2 Å². The lowest BCUT2D eigenvalue weighted by Crippen LogP contribution is -2.10. The van der Waals surface area contributed by atoms with Gasteiger partial charge in [-0.2, -0.15) is 5.48 Å². The molecule has 0 bridgehead atoms. The molecule has 1 atom stereocenters. The van der Waals surface area contributed by atoms with E-state index >= 15 is 0 Å². The van der Waals surface area contributed by atoms with Crippen molar-refractivity contribution in [3.63, 3.8) is 0 Å². The molecule has 0 saturated carbocycles. The number of nitrogens with zero attached hydrogens (tertiary/aromatic N) is 4. The largest absolute Gasteiger partial charge is 0.481 e. The van der Waals surface area contributed by atoms with E-state index in [0.717, 1.165) is 33.0 Å². The van der Waals surface area contributed by atoms with Crippen molar-refractivity contribution in [3.8, 4) is 16.8 Å². The number of rotatable bonds is 5. The highest BCUT2D eigenvalue weighted by Gasteiger charge is 2.32. The van der Waals surface area contributed by atoms with Gasteiger partial charge in [0, 0.05) is 22.4 Å². The summed E-state index contributed by atoms with van der Waals surface area (Å²) in [6.07, 6.45) is 0.402. The Hall–Kier alpha value is -3.32. The quantitative estimate of drug-likeness (QED) is 0.407. The van der Waals surface area contributed by atoms with Crippen LogP contribution in [-0.4, -0.2) is 43.3 Å². The minimum Gasteiger partial charge on any atom is -0.481 e. The number of nitrogens with one attached hydrogen (secondary N) is 1. The molecule has 9 heteroatoms. The van der Waals surface area contributed by atoms with E-state index in [4.69, 9.17) is 10.2 Å². The Morgan fingerprint density at radius 3 is 2.62 bits per heavy atom. The number of benzene rings is 1. The van der Waals surface area contributed by atoms with E-state index < -0.39 is 12.0 Å². The predicted molar refractivity (Wildman–Crippen MR) is 122 cm³/mol. The van der Waals surface area contributed by atoms with Crippen LogP contribution in [0.25, 0.3) is 5.00 Å². The predicted octanol–water partition coefficient (Wildman–Crippen LogP) is 3.15. The number of hydrogen-bond acceptors (Lipinski definition) is 7. The van der Waals surface area contributed by atoms with E-state index in [1.54, 1.807) is 11.3 Å². The molecule has 1 aliphatic rings. The molecule has 4 rings (SSSR count). The van der Waals surface area contributed by atoms with Crippen LogP contribution in [0.1, 0.15) is 51.2 Å². The molecule has 8 nitrogen and oxygen atoms in total. The first-order valence-corrected chi connectivity index (χ1v) is 11.0. The molecule has 0 aliphatic carbocycles. The number of aromatic nitrogens is 3. The highest BCUT2D eigenvalue weighted by molar-refractivity contribution is 7.15. The van der Waals surface area contributed by atoms with Crippen LogP contribution in [0.2, 0.25) is 0 Å². The molecule has 3 aromatic rings. The topological polar surface area (TPSA) is 113 Å². The highest BCUT2D eigenvalue weighted by Crippen LogP contribution is 2.39. The summed E-state index contributed by atoms with van der Waals surface area (Å²) in [4.78, 5) is 17.7. The summed E-state index contributed by atoms with van der Waals surface area (Å²) in [6.45, 7) is 6.23. The second kappa shape index (κ2) is 9.04. The Morgan fingerprint density at radius 2 is 1.94 bits per heavy atom. The van der Waals surface area contributed by atoms with Gasteiger partial charge in [-0.3, -0.25) is 14.4 Å². The van der Waals surface area contributed by atoms with Crippen LogP contribution in [0.4, 0.5) is 0 Å². The van der Waals surface area contributed by atoms with Gasteiger partial charge in [-0.1, -0.05) is 36.1 Å². The van der Waals surface area contributed by atoms with Crippen LogP contribution in [-0.2, 0) is 11.2 Å². The normalized spacial score (nSPS) is 14.6. The molecule has 1 aromatic carbocycles. The van der Waals surface area contributed by atoms with E-state index in [2.05, 4.69) is 35.9 Å². The molecule has 32 heavy (non-hydrogen) atoms. The first-order valence-electron chi connectivity index (χ1n) is 10.1. The van der Waals surface area contributed by atoms with E-state index in [1.807, 2.05) is 41.2 Å². The van der Waals surface area contributed by atoms with Gasteiger partial charge in [-0.15, -0.1) is 21.5 Å². The van der Waals surface area contributed by atoms with Crippen LogP contribution < -0.4 is 5.48 Å². The van der Waals surface area contributed by atoms with E-state index in [1.165, 1.54) is 4.88 Å². The van der Waals surface area contributed by atoms with Gasteiger partial charge in [0.1, 0.15) is 16.9 Å². The van der Waals surface area contributed by atoms with Crippen molar-refractivity contribution in [2.75, 3.05) is 6.54 Å². The van der Waals surface area contributed by atoms with E-state index in [-0.39, 0.29) is 13.0 Å². The van der Waals surface area contributed by atoms with Gasteiger partial charge in [0.05, 0.1) is 18.7 Å². The summed E-state index contributed by atoms with van der Waals surface area (Å²) in [5, 5.41) is 27.6. The molecule has 164 valence electrons. The van der Waals surface area contributed by atoms with Crippen molar-refractivity contribution in [3.05, 3.63) is 63.0 Å². The lowest BCUT2D eigenvalue weighted by Gasteiger charge is -2.11. The lowest BCUT2D eigenvalue weighted by molar-refractivity contribution is -0.137. The summed E-state index contributed by atoms with van der Waals surface area (Å²) in [5.74, 6) is 6.14. The number of thiophene rings is 1. The maximum absolute atomic E-state index is 11.6. The number of aliphatic carboxylic acids is 1. The second-order valence-electron chi connectivity index (χ2n) is 7.56. The molecule has 3 N–H and O–H groups in total. The summed E-state index contributed by atoms with van der Waals surface area (Å²) in [7, 11) is 0. The molecule has 0 spiro atoms. The summed E-state index contributed by atoms with van der Waals surface area (Å²) in [5.41, 5.74) is 6.84. The summed E-state index contributed by atoms with van der Waals surface area (Å²) in [6, 6.07) is 7.34. The Labute approximate surface area is 189 Å². The fourth-order valence-electron chi connectivity index (χ4n) is 3.74. The minimum atomic E-state index is -0.935. The van der Waals surface area contributed by atoms with Gasteiger partial charge in [0.25, 0.3) is 0 Å². The van der Waals surface area contributed by atoms with Gasteiger partial charge in [-0.05, 0) is 31.9 Å². The SMILES string of the molecule is Cc1sc2c(c1C)C(c1ccc(CC#CCNO)cc1)=N[C@H](CC(=O)O)c1nnc(C)n1-2. The number of fused-ring (bicyclic) bond motifs is 3. The standard InChI is InChI=1S/C23H23N5O3S/c1-13-14(2)32-23-20(13)21(17-9-7-16(8-10-17)6-4-5-11-24-31)25-18(12-19(29)30)22-27-26-15(3)28(22)23/h7-10,18,24,31H,6,11-12H2,1-3H3,(H,29,30)/t18-/m1/s1. The number of aliphatic imine (C=N–C) groups is 1. The number of carbonyl (C=O) groups is 1. The molecular formula is C23H23N5O3S. The molecule has 3 heterocycles. The van der Waals surface area contributed by atoms with Gasteiger partial charge in [0.15, 0.2) is 5.82 Å². The fraction of sp³-hybridized carbons (Fsp3) is 0.304. The average Bonchev–Trinajstić information content (AvgIpc) is 3.24. The van der Waals surface area contributed by atoms with Gasteiger partial charge in [-0.25, -0.2) is 0 Å². The monoisotopic (exact) mass is 449 g/mol. The fourth-order valence-corrected chi connectivity index (χ4v) is 4.95. The third kappa shape index (κ3) is 4.08. The molecule has 0 unspecified atom stereocenters. The van der Waals surface area contributed by atoms with Crippen molar-refractivity contribution >= 4 is 23.0 Å². The molecule has 1 aliphatic heterocycles. The third-order valence-corrected chi connectivity index (χ3v) is 6.61. The van der Waals surface area contributed by atoms with Crippen LogP contribution >= 0.6 is 11.3 Å². The number of carboxylic acid groups (broad SMARTS) is 1. The Morgan fingerprint density at radius 1 is 1.19 bits per heavy atom. The first kappa shape index (κ1) is 21.9. The number of carboxylic acids is 1. The maximum Gasteiger partial charge on any atom is 0.306 e. The number of hydroxylamine groups is 1.